The Morgan fingerprint density at radius 2 is 2.36 bits per heavy atom. The SMILES string of the molecule is CC1CCC(NC(=O)CS)C1. The van der Waals surface area contributed by atoms with Crippen LogP contribution in [0, 0.1) is 5.92 Å². The third kappa shape index (κ3) is 2.73. The lowest BCUT2D eigenvalue weighted by molar-refractivity contribution is -0.119. The van der Waals surface area contributed by atoms with Crippen LogP contribution in [0.1, 0.15) is 26.2 Å². The van der Waals surface area contributed by atoms with Crippen molar-refractivity contribution in [2.45, 2.75) is 32.2 Å². The van der Waals surface area contributed by atoms with Gasteiger partial charge in [-0.25, -0.2) is 0 Å². The van der Waals surface area contributed by atoms with Crippen LogP contribution < -0.4 is 5.32 Å². The maximum Gasteiger partial charge on any atom is 0.229 e. The summed E-state index contributed by atoms with van der Waals surface area (Å²) in [7, 11) is 0. The van der Waals surface area contributed by atoms with Crippen LogP contribution in [0.4, 0.5) is 0 Å². The van der Waals surface area contributed by atoms with Crippen LogP contribution in [0.15, 0.2) is 0 Å². The Labute approximate surface area is 73.2 Å². The zero-order valence-electron chi connectivity index (χ0n) is 6.84. The van der Waals surface area contributed by atoms with Crippen molar-refractivity contribution in [2.75, 3.05) is 5.75 Å². The van der Waals surface area contributed by atoms with Gasteiger partial charge in [0.1, 0.15) is 0 Å². The molecule has 0 heterocycles. The Bertz CT molecular complexity index is 149. The predicted molar refractivity (Wildman–Crippen MR) is 48.8 cm³/mol. The molecule has 2 unspecified atom stereocenters. The molecule has 1 N–H and O–H groups in total. The van der Waals surface area contributed by atoms with Gasteiger partial charge in [0.2, 0.25) is 5.91 Å². The number of thiol groups is 1. The topological polar surface area (TPSA) is 29.1 Å². The van der Waals surface area contributed by atoms with Crippen molar-refractivity contribution in [3.63, 3.8) is 0 Å². The number of hydrogen-bond acceptors (Lipinski definition) is 2. The third-order valence-electron chi connectivity index (χ3n) is 2.20. The van der Waals surface area contributed by atoms with E-state index >= 15 is 0 Å². The number of hydrogen-bond donors (Lipinski definition) is 2. The molecule has 1 saturated carbocycles. The minimum absolute atomic E-state index is 0.0624. The van der Waals surface area contributed by atoms with Crippen molar-refractivity contribution in [3.05, 3.63) is 0 Å². The maximum absolute atomic E-state index is 10.9. The van der Waals surface area contributed by atoms with E-state index in [4.69, 9.17) is 0 Å². The fraction of sp³-hybridized carbons (Fsp3) is 0.875. The van der Waals surface area contributed by atoms with Gasteiger partial charge in [-0.2, -0.15) is 12.6 Å². The molecule has 3 heteroatoms. The van der Waals surface area contributed by atoms with Gasteiger partial charge >= 0.3 is 0 Å². The molecule has 11 heavy (non-hydrogen) atoms. The van der Waals surface area contributed by atoms with Gasteiger partial charge in [0.15, 0.2) is 0 Å². The molecule has 0 bridgehead atoms. The first-order chi connectivity index (χ1) is 5.22. The van der Waals surface area contributed by atoms with Crippen LogP contribution in [0.5, 0.6) is 0 Å². The minimum Gasteiger partial charge on any atom is -0.353 e. The average Bonchev–Trinajstić information content (AvgIpc) is 2.35. The lowest BCUT2D eigenvalue weighted by Gasteiger charge is -2.10. The summed E-state index contributed by atoms with van der Waals surface area (Å²) >= 11 is 3.90. The van der Waals surface area contributed by atoms with Gasteiger partial charge in [0, 0.05) is 6.04 Å². The Morgan fingerprint density at radius 1 is 1.64 bits per heavy atom. The second-order valence-corrected chi connectivity index (χ2v) is 3.66. The standard InChI is InChI=1S/C8H15NOS/c1-6-2-3-7(4-6)9-8(10)5-11/h6-7,11H,2-5H2,1H3,(H,9,10). The number of carbonyl (C=O) groups is 1. The van der Waals surface area contributed by atoms with Crippen molar-refractivity contribution in [1.82, 2.24) is 5.32 Å². The molecule has 64 valence electrons. The summed E-state index contributed by atoms with van der Waals surface area (Å²) in [6.07, 6.45) is 3.53. The average molecular weight is 173 g/mol. The first-order valence-corrected chi connectivity index (χ1v) is 4.76. The van der Waals surface area contributed by atoms with Gasteiger partial charge in [-0.1, -0.05) is 6.92 Å². The molecule has 1 aliphatic rings. The van der Waals surface area contributed by atoms with Crippen LogP contribution in [0.3, 0.4) is 0 Å². The van der Waals surface area contributed by atoms with Crippen molar-refractivity contribution < 1.29 is 4.79 Å². The highest BCUT2D eigenvalue weighted by atomic mass is 32.1. The summed E-state index contributed by atoms with van der Waals surface area (Å²) in [5.74, 6) is 1.15. The molecule has 0 aliphatic heterocycles. The van der Waals surface area contributed by atoms with Crippen molar-refractivity contribution in [1.29, 1.82) is 0 Å². The molecule has 1 fully saturated rings. The molecule has 0 saturated heterocycles. The highest BCUT2D eigenvalue weighted by molar-refractivity contribution is 7.81. The molecule has 2 atom stereocenters. The van der Waals surface area contributed by atoms with Crippen LogP contribution in [0.25, 0.3) is 0 Å². The van der Waals surface area contributed by atoms with Crippen LogP contribution in [-0.2, 0) is 4.79 Å². The maximum atomic E-state index is 10.9. The summed E-state index contributed by atoms with van der Waals surface area (Å²) in [5.41, 5.74) is 0. The van der Waals surface area contributed by atoms with E-state index in [1.165, 1.54) is 6.42 Å². The van der Waals surface area contributed by atoms with Crippen molar-refractivity contribution in [2.24, 2.45) is 5.92 Å². The Kier molecular flexibility index (Phi) is 3.24. The van der Waals surface area contributed by atoms with E-state index in [1.54, 1.807) is 0 Å². The van der Waals surface area contributed by atoms with Crippen molar-refractivity contribution >= 4 is 18.5 Å². The van der Waals surface area contributed by atoms with Crippen LogP contribution in [0.2, 0.25) is 0 Å². The highest BCUT2D eigenvalue weighted by Crippen LogP contribution is 2.24. The first kappa shape index (κ1) is 8.91. The molecule has 0 spiro atoms. The summed E-state index contributed by atoms with van der Waals surface area (Å²) in [6, 6.07) is 0.421. The summed E-state index contributed by atoms with van der Waals surface area (Å²) in [5, 5.41) is 2.94. The van der Waals surface area contributed by atoms with Crippen LogP contribution >= 0.6 is 12.6 Å². The highest BCUT2D eigenvalue weighted by Gasteiger charge is 2.21. The van der Waals surface area contributed by atoms with E-state index in [0.717, 1.165) is 18.8 Å². The van der Waals surface area contributed by atoms with Gasteiger partial charge in [-0.15, -0.1) is 0 Å². The van der Waals surface area contributed by atoms with E-state index in [0.29, 0.717) is 11.8 Å². The Hall–Kier alpha value is -0.180. The van der Waals surface area contributed by atoms with Gasteiger partial charge in [0.25, 0.3) is 0 Å². The van der Waals surface area contributed by atoms with Gasteiger partial charge in [-0.3, -0.25) is 4.79 Å². The van der Waals surface area contributed by atoms with E-state index in [9.17, 15) is 4.79 Å². The van der Waals surface area contributed by atoms with E-state index in [2.05, 4.69) is 24.9 Å². The first-order valence-electron chi connectivity index (χ1n) is 4.12. The summed E-state index contributed by atoms with van der Waals surface area (Å²) in [6.45, 7) is 2.23. The molecular weight excluding hydrogens is 158 g/mol. The fourth-order valence-electron chi connectivity index (χ4n) is 1.61. The zero-order chi connectivity index (χ0) is 8.27. The lowest BCUT2D eigenvalue weighted by Crippen LogP contribution is -2.33. The van der Waals surface area contributed by atoms with E-state index in [1.807, 2.05) is 0 Å². The molecule has 0 aromatic heterocycles. The van der Waals surface area contributed by atoms with Gasteiger partial charge in [-0.05, 0) is 25.2 Å². The van der Waals surface area contributed by atoms with Crippen LogP contribution in [-0.4, -0.2) is 17.7 Å². The Balaban J connectivity index is 2.23. The molecule has 1 aliphatic carbocycles. The van der Waals surface area contributed by atoms with Gasteiger partial charge < -0.3 is 5.32 Å². The normalized spacial score (nSPS) is 30.4. The second-order valence-electron chi connectivity index (χ2n) is 3.34. The quantitative estimate of drug-likeness (QED) is 0.604. The zero-order valence-corrected chi connectivity index (χ0v) is 7.73. The summed E-state index contributed by atoms with van der Waals surface area (Å²) in [4.78, 5) is 10.9. The third-order valence-corrected chi connectivity index (χ3v) is 2.49. The molecule has 0 radical (unpaired) electrons. The molecule has 1 amide bonds. The molecule has 1 rings (SSSR count). The molecule has 2 nitrogen and oxygen atoms in total. The second kappa shape index (κ2) is 4.00. The number of rotatable bonds is 2. The monoisotopic (exact) mass is 173 g/mol. The van der Waals surface area contributed by atoms with Crippen molar-refractivity contribution in [3.8, 4) is 0 Å². The summed E-state index contributed by atoms with van der Waals surface area (Å²) < 4.78 is 0. The lowest BCUT2D eigenvalue weighted by atomic mass is 10.1. The predicted octanol–water partition coefficient (Wildman–Crippen LogP) is 1.22. The number of amides is 1. The molecule has 0 aromatic rings. The molecular formula is C8H15NOS. The molecule has 0 aromatic carbocycles. The minimum atomic E-state index is 0.0624. The van der Waals surface area contributed by atoms with E-state index < -0.39 is 0 Å². The fourth-order valence-corrected chi connectivity index (χ4v) is 1.70. The van der Waals surface area contributed by atoms with E-state index in [-0.39, 0.29) is 5.91 Å². The smallest absolute Gasteiger partial charge is 0.229 e. The number of carbonyl (C=O) groups excluding carboxylic acids is 1. The number of nitrogens with one attached hydrogen (secondary N) is 1. The Morgan fingerprint density at radius 3 is 2.82 bits per heavy atom. The largest absolute Gasteiger partial charge is 0.353 e. The van der Waals surface area contributed by atoms with Gasteiger partial charge in [0.05, 0.1) is 5.75 Å².